The molecule has 0 atom stereocenters. The zero-order valence-corrected chi connectivity index (χ0v) is 10.9. The molecule has 6 heteroatoms. The minimum atomic E-state index is 0.574. The molecule has 1 heterocycles. The van der Waals surface area contributed by atoms with Crippen LogP contribution in [0.3, 0.4) is 0 Å². The van der Waals surface area contributed by atoms with E-state index in [0.29, 0.717) is 9.76 Å². The van der Waals surface area contributed by atoms with Gasteiger partial charge >= 0.3 is 0 Å². The molecule has 0 radical (unpaired) electrons. The van der Waals surface area contributed by atoms with Crippen molar-refractivity contribution in [3.05, 3.63) is 28.0 Å². The largest absolute Gasteiger partial charge is 0.496 e. The average molecular weight is 306 g/mol. The van der Waals surface area contributed by atoms with Crippen LogP contribution < -0.4 is 4.74 Å². The fourth-order valence-electron chi connectivity index (χ4n) is 1.16. The Bertz CT molecular complexity index is 489. The molecule has 2 rings (SSSR count). The molecule has 0 saturated heterocycles. The molecule has 0 amide bonds. The van der Waals surface area contributed by atoms with Crippen LogP contribution in [0.4, 0.5) is 0 Å². The van der Waals surface area contributed by atoms with Crippen molar-refractivity contribution in [1.82, 2.24) is 9.36 Å². The van der Waals surface area contributed by atoms with E-state index in [1.165, 1.54) is 11.5 Å². The standard InChI is InChI=1S/C9H6BrClN2OS/c1-14-7-3-2-5(11)4-6(7)8-12-9(10)13-15-8/h2-4H,1H3. The number of halogens is 2. The number of benzene rings is 1. The smallest absolute Gasteiger partial charge is 0.209 e. The number of nitrogens with zero attached hydrogens (tertiary/aromatic N) is 2. The van der Waals surface area contributed by atoms with Crippen molar-refractivity contribution in [2.75, 3.05) is 7.11 Å². The molecule has 2 aromatic rings. The van der Waals surface area contributed by atoms with Gasteiger partial charge < -0.3 is 4.74 Å². The normalized spacial score (nSPS) is 10.3. The van der Waals surface area contributed by atoms with E-state index in [1.807, 2.05) is 12.1 Å². The fraction of sp³-hybridized carbons (Fsp3) is 0.111. The van der Waals surface area contributed by atoms with Crippen LogP contribution in [0.2, 0.25) is 5.02 Å². The zero-order chi connectivity index (χ0) is 10.8. The topological polar surface area (TPSA) is 35.0 Å². The molecule has 0 fully saturated rings. The average Bonchev–Trinajstić information content (AvgIpc) is 2.65. The number of hydrogen-bond acceptors (Lipinski definition) is 4. The molecule has 0 saturated carbocycles. The molecule has 0 unspecified atom stereocenters. The highest BCUT2D eigenvalue weighted by molar-refractivity contribution is 9.10. The first kappa shape index (κ1) is 10.9. The molecule has 1 aromatic carbocycles. The van der Waals surface area contributed by atoms with E-state index < -0.39 is 0 Å². The molecule has 0 aliphatic heterocycles. The predicted octanol–water partition coefficient (Wildman–Crippen LogP) is 3.63. The Morgan fingerprint density at radius 1 is 1.47 bits per heavy atom. The van der Waals surface area contributed by atoms with Crippen molar-refractivity contribution < 1.29 is 4.74 Å². The maximum atomic E-state index is 5.92. The summed E-state index contributed by atoms with van der Waals surface area (Å²) in [4.78, 5) is 4.22. The van der Waals surface area contributed by atoms with Crippen LogP contribution in [-0.4, -0.2) is 16.5 Å². The van der Waals surface area contributed by atoms with Crippen LogP contribution in [0.5, 0.6) is 5.75 Å². The van der Waals surface area contributed by atoms with Gasteiger partial charge in [-0.15, -0.1) is 0 Å². The van der Waals surface area contributed by atoms with E-state index in [4.69, 9.17) is 16.3 Å². The van der Waals surface area contributed by atoms with Gasteiger partial charge in [-0.05, 0) is 45.7 Å². The van der Waals surface area contributed by atoms with Crippen LogP contribution in [0.1, 0.15) is 0 Å². The van der Waals surface area contributed by atoms with E-state index in [9.17, 15) is 0 Å². The molecule has 0 N–H and O–H groups in total. The third-order valence-corrected chi connectivity index (χ3v) is 3.37. The van der Waals surface area contributed by atoms with Crippen LogP contribution in [0.25, 0.3) is 10.6 Å². The summed E-state index contributed by atoms with van der Waals surface area (Å²) < 4.78 is 9.85. The molecule has 3 nitrogen and oxygen atoms in total. The van der Waals surface area contributed by atoms with Crippen molar-refractivity contribution in [2.24, 2.45) is 0 Å². The Balaban J connectivity index is 2.55. The van der Waals surface area contributed by atoms with Crippen molar-refractivity contribution in [1.29, 1.82) is 0 Å². The third kappa shape index (κ3) is 2.30. The van der Waals surface area contributed by atoms with Gasteiger partial charge in [0.15, 0.2) is 0 Å². The summed E-state index contributed by atoms with van der Waals surface area (Å²) >= 11 is 10.4. The molecule has 15 heavy (non-hydrogen) atoms. The van der Waals surface area contributed by atoms with Crippen molar-refractivity contribution in [3.8, 4) is 16.3 Å². The first-order chi connectivity index (χ1) is 7.20. The van der Waals surface area contributed by atoms with Gasteiger partial charge in [0.05, 0.1) is 12.7 Å². The Morgan fingerprint density at radius 3 is 2.87 bits per heavy atom. The van der Waals surface area contributed by atoms with E-state index >= 15 is 0 Å². The fourth-order valence-corrected chi connectivity index (χ4v) is 2.43. The van der Waals surface area contributed by atoms with Gasteiger partial charge in [-0.1, -0.05) is 11.6 Å². The molecule has 0 spiro atoms. The highest BCUT2D eigenvalue weighted by atomic mass is 79.9. The lowest BCUT2D eigenvalue weighted by molar-refractivity contribution is 0.416. The molecular weight excluding hydrogens is 300 g/mol. The zero-order valence-electron chi connectivity index (χ0n) is 7.70. The van der Waals surface area contributed by atoms with E-state index in [2.05, 4.69) is 25.3 Å². The van der Waals surface area contributed by atoms with Crippen LogP contribution in [0.15, 0.2) is 22.9 Å². The maximum absolute atomic E-state index is 5.92. The summed E-state index contributed by atoms with van der Waals surface area (Å²) in [6, 6.07) is 5.40. The van der Waals surface area contributed by atoms with Gasteiger partial charge in [0.25, 0.3) is 0 Å². The van der Waals surface area contributed by atoms with Gasteiger partial charge in [0.1, 0.15) is 10.8 Å². The molecule has 1 aromatic heterocycles. The Morgan fingerprint density at radius 2 is 2.27 bits per heavy atom. The van der Waals surface area contributed by atoms with Crippen molar-refractivity contribution in [2.45, 2.75) is 0 Å². The minimum absolute atomic E-state index is 0.574. The third-order valence-electron chi connectivity index (χ3n) is 1.79. The lowest BCUT2D eigenvalue weighted by Crippen LogP contribution is -1.87. The Labute approximate surface area is 104 Å². The van der Waals surface area contributed by atoms with E-state index in [0.717, 1.165) is 16.3 Å². The Hall–Kier alpha value is -0.650. The summed E-state index contributed by atoms with van der Waals surface area (Å²) in [5.74, 6) is 0.739. The first-order valence-corrected chi connectivity index (χ1v) is 5.98. The molecule has 78 valence electrons. The number of rotatable bonds is 2. The SMILES string of the molecule is COc1ccc(Cl)cc1-c1nc(Br)ns1. The van der Waals surface area contributed by atoms with Gasteiger partial charge in [-0.25, -0.2) is 4.98 Å². The number of ether oxygens (including phenoxy) is 1. The van der Waals surface area contributed by atoms with Crippen LogP contribution >= 0.6 is 39.1 Å². The lowest BCUT2D eigenvalue weighted by atomic mass is 10.2. The van der Waals surface area contributed by atoms with Crippen LogP contribution in [0, 0.1) is 0 Å². The van der Waals surface area contributed by atoms with Crippen molar-refractivity contribution >= 4 is 39.1 Å². The second kappa shape index (κ2) is 4.47. The summed E-state index contributed by atoms with van der Waals surface area (Å²) in [7, 11) is 1.61. The summed E-state index contributed by atoms with van der Waals surface area (Å²) in [6.07, 6.45) is 0. The quantitative estimate of drug-likeness (QED) is 0.850. The minimum Gasteiger partial charge on any atom is -0.496 e. The highest BCUT2D eigenvalue weighted by Crippen LogP contribution is 2.33. The second-order valence-electron chi connectivity index (χ2n) is 2.71. The summed E-state index contributed by atoms with van der Waals surface area (Å²) in [5, 5.41) is 1.43. The number of hydrogen-bond donors (Lipinski definition) is 0. The summed E-state index contributed by atoms with van der Waals surface area (Å²) in [6.45, 7) is 0. The lowest BCUT2D eigenvalue weighted by Gasteiger charge is -2.05. The number of methoxy groups -OCH3 is 1. The van der Waals surface area contributed by atoms with E-state index in [-0.39, 0.29) is 0 Å². The molecule has 0 aliphatic carbocycles. The first-order valence-electron chi connectivity index (χ1n) is 4.04. The maximum Gasteiger partial charge on any atom is 0.209 e. The molecular formula is C9H6BrClN2OS. The predicted molar refractivity (Wildman–Crippen MR) is 64.6 cm³/mol. The van der Waals surface area contributed by atoms with Crippen molar-refractivity contribution in [3.63, 3.8) is 0 Å². The second-order valence-corrected chi connectivity index (χ2v) is 4.61. The van der Waals surface area contributed by atoms with Gasteiger partial charge in [0, 0.05) is 5.02 Å². The highest BCUT2D eigenvalue weighted by Gasteiger charge is 2.11. The van der Waals surface area contributed by atoms with E-state index in [1.54, 1.807) is 13.2 Å². The van der Waals surface area contributed by atoms with Gasteiger partial charge in [-0.2, -0.15) is 4.37 Å². The van der Waals surface area contributed by atoms with Gasteiger partial charge in [0.2, 0.25) is 4.73 Å². The molecule has 0 bridgehead atoms. The Kier molecular flexibility index (Phi) is 3.23. The number of aromatic nitrogens is 2. The van der Waals surface area contributed by atoms with Gasteiger partial charge in [-0.3, -0.25) is 0 Å². The molecule has 0 aliphatic rings. The van der Waals surface area contributed by atoms with Crippen LogP contribution in [-0.2, 0) is 0 Å². The monoisotopic (exact) mass is 304 g/mol. The summed E-state index contributed by atoms with van der Waals surface area (Å²) in [5.41, 5.74) is 0.855.